The summed E-state index contributed by atoms with van der Waals surface area (Å²) < 4.78 is 20.1. The number of rotatable bonds is 11. The Hall–Kier alpha value is -6.37. The SMILES string of the molecule is Cc1cc(C(=O)N2Cc3cc4c(cc3C[C@H]2C(=O)N[C@@H](Cc2ccc(-c3ccnc(C)c3C)cc2)C(=O)O)OC[C@H](c2ccc(OCc3ccc(Cl)c(Cl)c3)cc2)O4)n(C)n1. The first-order valence-corrected chi connectivity index (χ1v) is 20.5. The van der Waals surface area contributed by atoms with Crippen molar-refractivity contribution in [3.63, 3.8) is 0 Å². The molecule has 0 bridgehead atoms. The van der Waals surface area contributed by atoms with Gasteiger partial charge in [0.1, 0.15) is 36.7 Å². The van der Waals surface area contributed by atoms with Crippen LogP contribution in [0.4, 0.5) is 0 Å². The maximum atomic E-state index is 14.3. The first-order valence-electron chi connectivity index (χ1n) is 19.8. The molecule has 14 heteroatoms. The molecule has 2 aliphatic heterocycles. The normalized spacial score (nSPS) is 16.1. The Morgan fingerprint density at radius 2 is 1.64 bits per heavy atom. The summed E-state index contributed by atoms with van der Waals surface area (Å²) in [7, 11) is 1.67. The molecule has 2 N–H and O–H groups in total. The molecule has 312 valence electrons. The van der Waals surface area contributed by atoms with E-state index < -0.39 is 36.0 Å². The number of carbonyl (C=O) groups excluding carboxylic acids is 2. The fraction of sp³-hybridized carbons (Fsp3) is 0.255. The molecule has 12 nitrogen and oxygen atoms in total. The van der Waals surface area contributed by atoms with Crippen molar-refractivity contribution in [1.29, 1.82) is 0 Å². The van der Waals surface area contributed by atoms with E-state index in [4.69, 9.17) is 37.4 Å². The van der Waals surface area contributed by atoms with Crippen molar-refractivity contribution in [1.82, 2.24) is 25.0 Å². The minimum absolute atomic E-state index is 0.0439. The third-order valence-electron chi connectivity index (χ3n) is 11.3. The molecular formula is C47H43Cl2N5O7. The van der Waals surface area contributed by atoms with Gasteiger partial charge in [0.15, 0.2) is 17.6 Å². The van der Waals surface area contributed by atoms with Gasteiger partial charge in [-0.1, -0.05) is 65.7 Å². The van der Waals surface area contributed by atoms with Gasteiger partial charge in [-0.05, 0) is 114 Å². The standard InChI is InChI=1S/C47H43Cl2N5O7/c1-26-17-41(53(4)52-26)46(56)54-23-34-22-43-42(60-25-44(61-43)32-10-12-35(13-11-32)59-24-30-7-14-37(48)38(49)18-30)21-33(34)20-40(54)45(55)51-39(47(57)58)19-29-5-8-31(9-6-29)36-15-16-50-28(3)27(36)2/h5-18,21-22,39-40,44H,19-20,23-25H2,1-4H3,(H,51,55)(H,57,58)/t39-,40-,44+/m0/s1. The molecule has 0 fully saturated rings. The van der Waals surface area contributed by atoms with Crippen molar-refractivity contribution < 1.29 is 33.7 Å². The highest BCUT2D eigenvalue weighted by molar-refractivity contribution is 6.42. The topological polar surface area (TPSA) is 145 Å². The summed E-state index contributed by atoms with van der Waals surface area (Å²) in [4.78, 5) is 47.0. The van der Waals surface area contributed by atoms with Gasteiger partial charge in [0, 0.05) is 38.3 Å². The molecule has 6 aromatic rings. The molecule has 8 rings (SSSR count). The highest BCUT2D eigenvalue weighted by Crippen LogP contribution is 2.41. The number of hydrogen-bond donors (Lipinski definition) is 2. The highest BCUT2D eigenvalue weighted by atomic mass is 35.5. The average molecular weight is 861 g/mol. The Morgan fingerprint density at radius 3 is 2.34 bits per heavy atom. The Labute approximate surface area is 363 Å². The Bertz CT molecular complexity index is 2650. The van der Waals surface area contributed by atoms with Crippen LogP contribution in [-0.2, 0) is 42.6 Å². The molecule has 0 unspecified atom stereocenters. The van der Waals surface area contributed by atoms with Gasteiger partial charge in [0.05, 0.1) is 15.7 Å². The van der Waals surface area contributed by atoms with E-state index in [2.05, 4.69) is 15.4 Å². The number of carboxylic acids is 1. The molecule has 0 saturated carbocycles. The summed E-state index contributed by atoms with van der Waals surface area (Å²) in [5.41, 5.74) is 9.04. The molecule has 4 aromatic carbocycles. The molecular weight excluding hydrogens is 817 g/mol. The van der Waals surface area contributed by atoms with Crippen LogP contribution in [0.5, 0.6) is 17.2 Å². The number of amides is 2. The van der Waals surface area contributed by atoms with E-state index in [9.17, 15) is 19.5 Å². The van der Waals surface area contributed by atoms with Crippen molar-refractivity contribution in [2.75, 3.05) is 6.61 Å². The van der Waals surface area contributed by atoms with Gasteiger partial charge >= 0.3 is 5.97 Å². The number of aryl methyl sites for hydroxylation is 3. The quantitative estimate of drug-likeness (QED) is 0.132. The van der Waals surface area contributed by atoms with Gasteiger partial charge in [0.2, 0.25) is 5.91 Å². The second-order valence-electron chi connectivity index (χ2n) is 15.4. The number of aromatic nitrogens is 3. The summed E-state index contributed by atoms with van der Waals surface area (Å²) in [6, 6.07) is 25.6. The fourth-order valence-electron chi connectivity index (χ4n) is 7.77. The summed E-state index contributed by atoms with van der Waals surface area (Å²) in [5.74, 6) is -0.483. The average Bonchev–Trinajstić information content (AvgIpc) is 3.60. The second-order valence-corrected chi connectivity index (χ2v) is 16.2. The molecule has 4 heterocycles. The maximum Gasteiger partial charge on any atom is 0.326 e. The molecule has 2 amide bonds. The van der Waals surface area contributed by atoms with Crippen LogP contribution in [-0.4, -0.2) is 61.2 Å². The number of benzene rings is 4. The number of aliphatic carboxylic acids is 1. The Kier molecular flexibility index (Phi) is 11.7. The van der Waals surface area contributed by atoms with Gasteiger partial charge in [-0.15, -0.1) is 0 Å². The lowest BCUT2D eigenvalue weighted by Gasteiger charge is -2.37. The molecule has 0 aliphatic carbocycles. The first-order chi connectivity index (χ1) is 29.3. The van der Waals surface area contributed by atoms with Crippen LogP contribution in [0.15, 0.2) is 97.2 Å². The summed E-state index contributed by atoms with van der Waals surface area (Å²) in [5, 5.41) is 18.4. The molecule has 0 radical (unpaired) electrons. The van der Waals surface area contributed by atoms with Crippen LogP contribution < -0.4 is 19.5 Å². The number of carboxylic acid groups (broad SMARTS) is 1. The van der Waals surface area contributed by atoms with Crippen molar-refractivity contribution in [3.8, 4) is 28.4 Å². The Morgan fingerprint density at radius 1 is 0.902 bits per heavy atom. The molecule has 0 spiro atoms. The summed E-state index contributed by atoms with van der Waals surface area (Å²) in [6.45, 7) is 6.39. The molecule has 0 saturated heterocycles. The largest absolute Gasteiger partial charge is 0.489 e. The van der Waals surface area contributed by atoms with Gasteiger partial charge in [0.25, 0.3) is 5.91 Å². The van der Waals surface area contributed by atoms with Gasteiger partial charge in [-0.25, -0.2) is 4.79 Å². The monoisotopic (exact) mass is 859 g/mol. The van der Waals surface area contributed by atoms with Crippen LogP contribution in [0.3, 0.4) is 0 Å². The highest BCUT2D eigenvalue weighted by Gasteiger charge is 2.39. The zero-order chi connectivity index (χ0) is 42.9. The van der Waals surface area contributed by atoms with E-state index in [0.29, 0.717) is 45.3 Å². The van der Waals surface area contributed by atoms with Crippen molar-refractivity contribution in [2.24, 2.45) is 7.05 Å². The predicted molar refractivity (Wildman–Crippen MR) is 230 cm³/mol. The summed E-state index contributed by atoms with van der Waals surface area (Å²) in [6.07, 6.45) is 1.52. The zero-order valence-corrected chi connectivity index (χ0v) is 35.5. The van der Waals surface area contributed by atoms with Gasteiger partial charge in [-0.3, -0.25) is 19.3 Å². The molecule has 3 atom stereocenters. The molecule has 2 aliphatic rings. The number of pyridine rings is 1. The number of ether oxygens (including phenoxy) is 3. The van der Waals surface area contributed by atoms with E-state index in [1.54, 1.807) is 38.4 Å². The van der Waals surface area contributed by atoms with Crippen LogP contribution in [0.1, 0.15) is 61.4 Å². The third-order valence-corrected chi connectivity index (χ3v) is 12.0. The zero-order valence-electron chi connectivity index (χ0n) is 33.9. The van der Waals surface area contributed by atoms with Crippen LogP contribution in [0.2, 0.25) is 10.0 Å². The van der Waals surface area contributed by atoms with Gasteiger partial charge < -0.3 is 29.5 Å². The number of hydrogen-bond acceptors (Lipinski definition) is 8. The maximum absolute atomic E-state index is 14.3. The lowest BCUT2D eigenvalue weighted by atomic mass is 9.91. The number of fused-ring (bicyclic) bond motifs is 2. The number of nitrogens with one attached hydrogen (secondary N) is 1. The Balaban J connectivity index is 0.993. The third kappa shape index (κ3) is 8.92. The van der Waals surface area contributed by atoms with Crippen LogP contribution >= 0.6 is 23.2 Å². The minimum atomic E-state index is -1.25. The predicted octanol–water partition coefficient (Wildman–Crippen LogP) is 8.18. The van der Waals surface area contributed by atoms with Crippen molar-refractivity contribution in [3.05, 3.63) is 158 Å². The first kappa shape index (κ1) is 41.4. The number of nitrogens with zero attached hydrogens (tertiary/aromatic N) is 4. The van der Waals surface area contributed by atoms with Crippen LogP contribution in [0.25, 0.3) is 11.1 Å². The second kappa shape index (κ2) is 17.3. The van der Waals surface area contributed by atoms with Crippen LogP contribution in [0, 0.1) is 20.8 Å². The van der Waals surface area contributed by atoms with E-state index in [1.165, 1.54) is 9.58 Å². The van der Waals surface area contributed by atoms with E-state index in [-0.39, 0.29) is 26.0 Å². The summed E-state index contributed by atoms with van der Waals surface area (Å²) >= 11 is 12.2. The minimum Gasteiger partial charge on any atom is -0.489 e. The fourth-order valence-corrected chi connectivity index (χ4v) is 8.09. The molecule has 61 heavy (non-hydrogen) atoms. The van der Waals surface area contributed by atoms with E-state index >= 15 is 0 Å². The lowest BCUT2D eigenvalue weighted by molar-refractivity contribution is -0.142. The van der Waals surface area contributed by atoms with Crippen molar-refractivity contribution in [2.45, 2.75) is 65.0 Å². The van der Waals surface area contributed by atoms with E-state index in [1.807, 2.05) is 86.6 Å². The van der Waals surface area contributed by atoms with Gasteiger partial charge in [-0.2, -0.15) is 5.10 Å². The van der Waals surface area contributed by atoms with Crippen molar-refractivity contribution >= 4 is 41.0 Å². The smallest absolute Gasteiger partial charge is 0.326 e. The number of carbonyl (C=O) groups is 3. The lowest BCUT2D eigenvalue weighted by Crippen LogP contribution is -2.56. The van der Waals surface area contributed by atoms with E-state index in [0.717, 1.165) is 50.2 Å². The molecule has 2 aromatic heterocycles. The number of halogens is 2.